The molecule has 1 saturated heterocycles. The fourth-order valence-corrected chi connectivity index (χ4v) is 2.93. The quantitative estimate of drug-likeness (QED) is 0.806. The topological polar surface area (TPSA) is 23.6 Å². The van der Waals surface area contributed by atoms with Crippen LogP contribution in [-0.4, -0.2) is 37.0 Å². The molecule has 24 heavy (non-hydrogen) atoms. The zero-order chi connectivity index (χ0) is 16.9. The molecule has 3 rings (SSSR count). The standard InChI is InChI=1S/C20H21FN2O/c1-16(15-17-5-3-2-4-6-17)20(24)23-13-11-22(12-14-23)19-9-7-18(21)8-10-19/h2-10,15H,11-14H2,1H3/b16-15-. The Morgan fingerprint density at radius 2 is 1.58 bits per heavy atom. The van der Waals surface area contributed by atoms with Gasteiger partial charge >= 0.3 is 0 Å². The maximum Gasteiger partial charge on any atom is 0.249 e. The highest BCUT2D eigenvalue weighted by molar-refractivity contribution is 5.97. The lowest BCUT2D eigenvalue weighted by Gasteiger charge is -2.36. The first-order chi connectivity index (χ1) is 11.6. The second-order valence-corrected chi connectivity index (χ2v) is 5.99. The van der Waals surface area contributed by atoms with Gasteiger partial charge in [0, 0.05) is 37.4 Å². The maximum absolute atomic E-state index is 13.0. The number of halogens is 1. The lowest BCUT2D eigenvalue weighted by Crippen LogP contribution is -2.49. The van der Waals surface area contributed by atoms with Crippen LogP contribution in [0.3, 0.4) is 0 Å². The number of nitrogens with zero attached hydrogens (tertiary/aromatic N) is 2. The van der Waals surface area contributed by atoms with Crippen LogP contribution in [0.15, 0.2) is 60.2 Å². The van der Waals surface area contributed by atoms with E-state index in [0.717, 1.165) is 29.9 Å². The van der Waals surface area contributed by atoms with Gasteiger partial charge in [0.1, 0.15) is 5.82 Å². The Labute approximate surface area is 142 Å². The molecule has 0 unspecified atom stereocenters. The highest BCUT2D eigenvalue weighted by atomic mass is 19.1. The number of amides is 1. The average Bonchev–Trinajstić information content (AvgIpc) is 2.63. The molecule has 0 N–H and O–H groups in total. The summed E-state index contributed by atoms with van der Waals surface area (Å²) < 4.78 is 13.0. The van der Waals surface area contributed by atoms with E-state index in [9.17, 15) is 9.18 Å². The van der Waals surface area contributed by atoms with Gasteiger partial charge in [-0.05, 0) is 42.8 Å². The van der Waals surface area contributed by atoms with Gasteiger partial charge in [0.05, 0.1) is 0 Å². The molecular formula is C20H21FN2O. The molecule has 2 aromatic carbocycles. The summed E-state index contributed by atoms with van der Waals surface area (Å²) in [7, 11) is 0. The Morgan fingerprint density at radius 1 is 0.958 bits per heavy atom. The zero-order valence-electron chi connectivity index (χ0n) is 13.8. The Balaban J connectivity index is 1.60. The Hall–Kier alpha value is -2.62. The number of anilines is 1. The number of hydrogen-bond acceptors (Lipinski definition) is 2. The summed E-state index contributed by atoms with van der Waals surface area (Å²) >= 11 is 0. The number of benzene rings is 2. The monoisotopic (exact) mass is 324 g/mol. The van der Waals surface area contributed by atoms with Gasteiger partial charge < -0.3 is 9.80 Å². The van der Waals surface area contributed by atoms with E-state index in [0.29, 0.717) is 13.1 Å². The van der Waals surface area contributed by atoms with Crippen molar-refractivity contribution in [3.8, 4) is 0 Å². The van der Waals surface area contributed by atoms with Crippen molar-refractivity contribution in [1.29, 1.82) is 0 Å². The number of hydrogen-bond donors (Lipinski definition) is 0. The van der Waals surface area contributed by atoms with Crippen LogP contribution < -0.4 is 4.90 Å². The van der Waals surface area contributed by atoms with Crippen LogP contribution in [0.5, 0.6) is 0 Å². The van der Waals surface area contributed by atoms with E-state index in [4.69, 9.17) is 0 Å². The van der Waals surface area contributed by atoms with Gasteiger partial charge in [-0.1, -0.05) is 30.3 Å². The van der Waals surface area contributed by atoms with Crippen molar-refractivity contribution >= 4 is 17.7 Å². The average molecular weight is 324 g/mol. The molecule has 1 fully saturated rings. The van der Waals surface area contributed by atoms with Crippen molar-refractivity contribution in [3.05, 3.63) is 71.6 Å². The van der Waals surface area contributed by atoms with Gasteiger partial charge in [0.2, 0.25) is 5.91 Å². The van der Waals surface area contributed by atoms with Gasteiger partial charge in [0.15, 0.2) is 0 Å². The maximum atomic E-state index is 13.0. The molecule has 0 aliphatic carbocycles. The van der Waals surface area contributed by atoms with E-state index in [1.807, 2.05) is 48.2 Å². The van der Waals surface area contributed by atoms with Crippen LogP contribution in [0.1, 0.15) is 12.5 Å². The SMILES string of the molecule is C/C(=C/c1ccccc1)C(=O)N1CCN(c2ccc(F)cc2)CC1. The highest BCUT2D eigenvalue weighted by Gasteiger charge is 2.22. The van der Waals surface area contributed by atoms with E-state index in [1.165, 1.54) is 12.1 Å². The van der Waals surface area contributed by atoms with Gasteiger partial charge in [-0.25, -0.2) is 4.39 Å². The summed E-state index contributed by atoms with van der Waals surface area (Å²) in [5.41, 5.74) is 2.78. The van der Waals surface area contributed by atoms with Crippen LogP contribution >= 0.6 is 0 Å². The molecule has 2 aromatic rings. The van der Waals surface area contributed by atoms with Crippen LogP contribution in [0.25, 0.3) is 6.08 Å². The Kier molecular flexibility index (Phi) is 4.94. The lowest BCUT2D eigenvalue weighted by atomic mass is 10.1. The second kappa shape index (κ2) is 7.30. The van der Waals surface area contributed by atoms with Gasteiger partial charge in [0.25, 0.3) is 0 Å². The first-order valence-corrected chi connectivity index (χ1v) is 8.16. The molecular weight excluding hydrogens is 303 g/mol. The minimum Gasteiger partial charge on any atom is -0.368 e. The van der Waals surface area contributed by atoms with E-state index < -0.39 is 0 Å². The molecule has 4 heteroatoms. The molecule has 0 saturated carbocycles. The third-order valence-corrected chi connectivity index (χ3v) is 4.28. The van der Waals surface area contributed by atoms with E-state index in [1.54, 1.807) is 12.1 Å². The zero-order valence-corrected chi connectivity index (χ0v) is 13.8. The smallest absolute Gasteiger partial charge is 0.249 e. The molecule has 1 amide bonds. The van der Waals surface area contributed by atoms with Crippen molar-refractivity contribution in [3.63, 3.8) is 0 Å². The van der Waals surface area contributed by atoms with Crippen LogP contribution in [-0.2, 0) is 4.79 Å². The first-order valence-electron chi connectivity index (χ1n) is 8.16. The van der Waals surface area contributed by atoms with Crippen molar-refractivity contribution in [2.24, 2.45) is 0 Å². The minimum absolute atomic E-state index is 0.0811. The number of carbonyl (C=O) groups excluding carboxylic acids is 1. The molecule has 3 nitrogen and oxygen atoms in total. The third kappa shape index (κ3) is 3.82. The van der Waals surface area contributed by atoms with Gasteiger partial charge in [-0.3, -0.25) is 4.79 Å². The summed E-state index contributed by atoms with van der Waals surface area (Å²) in [4.78, 5) is 16.6. The molecule has 0 bridgehead atoms. The summed E-state index contributed by atoms with van der Waals surface area (Å²) in [6, 6.07) is 16.4. The van der Waals surface area contributed by atoms with Crippen molar-refractivity contribution in [2.75, 3.05) is 31.1 Å². The summed E-state index contributed by atoms with van der Waals surface area (Å²) in [5, 5.41) is 0. The number of rotatable bonds is 3. The predicted octanol–water partition coefficient (Wildman–Crippen LogP) is 3.58. The molecule has 0 aromatic heterocycles. The van der Waals surface area contributed by atoms with Gasteiger partial charge in [-0.15, -0.1) is 0 Å². The predicted molar refractivity (Wildman–Crippen MR) is 95.3 cm³/mol. The van der Waals surface area contributed by atoms with Crippen molar-refractivity contribution in [1.82, 2.24) is 4.90 Å². The largest absolute Gasteiger partial charge is 0.368 e. The normalized spacial score (nSPS) is 15.5. The lowest BCUT2D eigenvalue weighted by molar-refractivity contribution is -0.127. The molecule has 0 radical (unpaired) electrons. The van der Waals surface area contributed by atoms with E-state index >= 15 is 0 Å². The molecule has 124 valence electrons. The first kappa shape index (κ1) is 16.2. The molecule has 1 aliphatic heterocycles. The highest BCUT2D eigenvalue weighted by Crippen LogP contribution is 2.18. The van der Waals surface area contributed by atoms with E-state index in [2.05, 4.69) is 4.90 Å². The minimum atomic E-state index is -0.228. The van der Waals surface area contributed by atoms with Crippen molar-refractivity contribution in [2.45, 2.75) is 6.92 Å². The third-order valence-electron chi connectivity index (χ3n) is 4.28. The Morgan fingerprint density at radius 3 is 2.21 bits per heavy atom. The Bertz CT molecular complexity index is 717. The van der Waals surface area contributed by atoms with Gasteiger partial charge in [-0.2, -0.15) is 0 Å². The summed E-state index contributed by atoms with van der Waals surface area (Å²) in [6.45, 7) is 4.74. The summed E-state index contributed by atoms with van der Waals surface area (Å²) in [5.74, 6) is -0.146. The second-order valence-electron chi connectivity index (χ2n) is 5.99. The van der Waals surface area contributed by atoms with Crippen LogP contribution in [0.2, 0.25) is 0 Å². The molecule has 1 heterocycles. The molecule has 0 spiro atoms. The van der Waals surface area contributed by atoms with Crippen LogP contribution in [0.4, 0.5) is 10.1 Å². The number of carbonyl (C=O) groups is 1. The summed E-state index contributed by atoms with van der Waals surface area (Å²) in [6.07, 6.45) is 1.93. The van der Waals surface area contributed by atoms with Crippen molar-refractivity contribution < 1.29 is 9.18 Å². The van der Waals surface area contributed by atoms with E-state index in [-0.39, 0.29) is 11.7 Å². The fraction of sp³-hybridized carbons (Fsp3) is 0.250. The van der Waals surface area contributed by atoms with Crippen LogP contribution in [0, 0.1) is 5.82 Å². The molecule has 0 atom stereocenters. The fourth-order valence-electron chi connectivity index (χ4n) is 2.93. The molecule has 1 aliphatic rings. The number of piperazine rings is 1.